The molecule has 1 N–H and O–H groups in total. The zero-order chi connectivity index (χ0) is 23.4. The van der Waals surface area contributed by atoms with E-state index in [1.54, 1.807) is 23.1 Å². The van der Waals surface area contributed by atoms with Crippen molar-refractivity contribution in [1.29, 1.82) is 0 Å². The lowest BCUT2D eigenvalue weighted by atomic mass is 9.99. The zero-order valence-electron chi connectivity index (χ0n) is 18.8. The van der Waals surface area contributed by atoms with Gasteiger partial charge in [-0.1, -0.05) is 6.07 Å². The maximum absolute atomic E-state index is 13.1. The van der Waals surface area contributed by atoms with Crippen molar-refractivity contribution in [2.24, 2.45) is 0 Å². The van der Waals surface area contributed by atoms with E-state index in [0.717, 1.165) is 30.9 Å². The van der Waals surface area contributed by atoms with E-state index >= 15 is 0 Å². The van der Waals surface area contributed by atoms with Crippen LogP contribution in [-0.2, 0) is 14.3 Å². The van der Waals surface area contributed by atoms with E-state index in [-0.39, 0.29) is 11.3 Å². The minimum absolute atomic E-state index is 0.0982. The predicted octanol–water partition coefficient (Wildman–Crippen LogP) is 2.91. The summed E-state index contributed by atoms with van der Waals surface area (Å²) in [5.74, 6) is -0.547. The quantitative estimate of drug-likeness (QED) is 0.359. The zero-order valence-corrected chi connectivity index (χ0v) is 19.6. The van der Waals surface area contributed by atoms with Gasteiger partial charge in [0, 0.05) is 36.6 Å². The molecule has 3 heterocycles. The second-order valence-corrected chi connectivity index (χ2v) is 8.86. The molecule has 176 valence electrons. The third-order valence-corrected chi connectivity index (χ3v) is 6.91. The van der Waals surface area contributed by atoms with Crippen molar-refractivity contribution >= 4 is 28.8 Å². The van der Waals surface area contributed by atoms with Crippen LogP contribution in [0.3, 0.4) is 0 Å². The highest BCUT2D eigenvalue weighted by molar-refractivity contribution is 7.10. The molecule has 0 saturated carbocycles. The van der Waals surface area contributed by atoms with Gasteiger partial charge in [-0.25, -0.2) is 0 Å². The van der Waals surface area contributed by atoms with Gasteiger partial charge < -0.3 is 24.2 Å². The smallest absolute Gasteiger partial charge is 0.295 e. The number of Topliss-reactive ketones (excluding diaryl/α,β-unsaturated/α-hetero) is 1. The predicted molar refractivity (Wildman–Crippen MR) is 125 cm³/mol. The van der Waals surface area contributed by atoms with Gasteiger partial charge in [0.05, 0.1) is 39.0 Å². The van der Waals surface area contributed by atoms with Crippen LogP contribution in [0.4, 0.5) is 0 Å². The second-order valence-electron chi connectivity index (χ2n) is 7.89. The van der Waals surface area contributed by atoms with E-state index in [9.17, 15) is 14.7 Å². The van der Waals surface area contributed by atoms with Crippen LogP contribution in [0.2, 0.25) is 0 Å². The average Bonchev–Trinajstić information content (AvgIpc) is 3.46. The minimum atomic E-state index is -0.674. The van der Waals surface area contributed by atoms with Crippen LogP contribution in [0, 0.1) is 0 Å². The molecule has 0 aliphatic carbocycles. The second kappa shape index (κ2) is 10.4. The molecule has 33 heavy (non-hydrogen) atoms. The summed E-state index contributed by atoms with van der Waals surface area (Å²) in [5, 5.41) is 13.1. The first kappa shape index (κ1) is 23.3. The fourth-order valence-electron chi connectivity index (χ4n) is 4.28. The van der Waals surface area contributed by atoms with Crippen LogP contribution in [-0.4, -0.2) is 80.2 Å². The standard InChI is InChI=1S/C24H28N2O6S/c1-30-17-7-6-16(15-18(17)31-2)22(27)20-21(19-5-3-14-33-19)26(24(29)23(20)28)9-4-8-25-10-12-32-13-11-25/h3,5-7,14-15,21,27H,4,8-13H2,1-2H3/b22-20+/t21-/m0/s1. The summed E-state index contributed by atoms with van der Waals surface area (Å²) in [6.07, 6.45) is 0.727. The normalized spacial score (nSPS) is 20.9. The molecule has 1 amide bonds. The van der Waals surface area contributed by atoms with Gasteiger partial charge in [0.15, 0.2) is 11.5 Å². The lowest BCUT2D eigenvalue weighted by Gasteiger charge is -2.28. The molecule has 9 heteroatoms. The molecule has 0 bridgehead atoms. The number of ether oxygens (including phenoxy) is 3. The number of rotatable bonds is 8. The topological polar surface area (TPSA) is 88.5 Å². The number of thiophene rings is 1. The van der Waals surface area contributed by atoms with E-state index in [2.05, 4.69) is 4.90 Å². The Bertz CT molecular complexity index is 1030. The maximum Gasteiger partial charge on any atom is 0.295 e. The molecule has 4 rings (SSSR count). The number of aliphatic hydroxyl groups excluding tert-OH is 1. The van der Waals surface area contributed by atoms with Crippen molar-refractivity contribution < 1.29 is 28.9 Å². The summed E-state index contributed by atoms with van der Waals surface area (Å²) in [5.41, 5.74) is 0.488. The highest BCUT2D eigenvalue weighted by Gasteiger charge is 2.46. The van der Waals surface area contributed by atoms with Crippen molar-refractivity contribution in [3.05, 3.63) is 51.7 Å². The Hall–Kier alpha value is -2.88. The van der Waals surface area contributed by atoms with Gasteiger partial charge >= 0.3 is 0 Å². The number of likely N-dealkylation sites (tertiary alicyclic amines) is 1. The average molecular weight is 473 g/mol. The molecule has 2 fully saturated rings. The molecule has 0 unspecified atom stereocenters. The number of benzene rings is 1. The fraction of sp³-hybridized carbons (Fsp3) is 0.417. The van der Waals surface area contributed by atoms with Crippen molar-refractivity contribution in [2.75, 3.05) is 53.6 Å². The van der Waals surface area contributed by atoms with Gasteiger partial charge in [-0.3, -0.25) is 14.5 Å². The number of carbonyl (C=O) groups is 2. The van der Waals surface area contributed by atoms with Crippen LogP contribution >= 0.6 is 11.3 Å². The third-order valence-electron chi connectivity index (χ3n) is 5.99. The molecular weight excluding hydrogens is 444 g/mol. The molecule has 0 spiro atoms. The maximum atomic E-state index is 13.1. The summed E-state index contributed by atoms with van der Waals surface area (Å²) in [6, 6.07) is 8.05. The minimum Gasteiger partial charge on any atom is -0.507 e. The van der Waals surface area contributed by atoms with Gasteiger partial charge in [0.25, 0.3) is 11.7 Å². The summed E-state index contributed by atoms with van der Waals surface area (Å²) < 4.78 is 16.0. The Morgan fingerprint density at radius 2 is 1.88 bits per heavy atom. The van der Waals surface area contributed by atoms with Gasteiger partial charge in [0.2, 0.25) is 0 Å². The summed E-state index contributed by atoms with van der Waals surface area (Å²) in [7, 11) is 3.03. The van der Waals surface area contributed by atoms with Crippen molar-refractivity contribution in [2.45, 2.75) is 12.5 Å². The van der Waals surface area contributed by atoms with Crippen LogP contribution in [0.15, 0.2) is 41.3 Å². The van der Waals surface area contributed by atoms with E-state index in [0.29, 0.717) is 36.8 Å². The number of methoxy groups -OCH3 is 2. The summed E-state index contributed by atoms with van der Waals surface area (Å²) in [4.78, 5) is 30.8. The lowest BCUT2D eigenvalue weighted by Crippen LogP contribution is -2.38. The third kappa shape index (κ3) is 4.75. The lowest BCUT2D eigenvalue weighted by molar-refractivity contribution is -0.140. The number of ketones is 1. The van der Waals surface area contributed by atoms with Gasteiger partial charge in [-0.2, -0.15) is 0 Å². The molecule has 1 atom stereocenters. The number of nitrogens with zero attached hydrogens (tertiary/aromatic N) is 2. The van der Waals surface area contributed by atoms with Gasteiger partial charge in [0.1, 0.15) is 5.76 Å². The van der Waals surface area contributed by atoms with Crippen LogP contribution < -0.4 is 9.47 Å². The molecule has 1 aromatic carbocycles. The Balaban J connectivity index is 1.65. The molecule has 2 aliphatic rings. The Morgan fingerprint density at radius 3 is 2.55 bits per heavy atom. The Kier molecular flexibility index (Phi) is 7.32. The Labute approximate surface area is 197 Å². The SMILES string of the molecule is COc1ccc(/C(O)=C2\C(=O)C(=O)N(CCCN3CCOCC3)[C@H]2c2cccs2)cc1OC. The first-order valence-electron chi connectivity index (χ1n) is 10.9. The van der Waals surface area contributed by atoms with Crippen molar-refractivity contribution in [3.63, 3.8) is 0 Å². The van der Waals surface area contributed by atoms with Crippen LogP contribution in [0.25, 0.3) is 5.76 Å². The molecule has 1 aromatic heterocycles. The number of aliphatic hydroxyl groups is 1. The molecule has 2 saturated heterocycles. The van der Waals surface area contributed by atoms with Crippen LogP contribution in [0.1, 0.15) is 22.9 Å². The molecule has 2 aliphatic heterocycles. The monoisotopic (exact) mass is 472 g/mol. The highest BCUT2D eigenvalue weighted by Crippen LogP contribution is 2.42. The number of hydrogen-bond acceptors (Lipinski definition) is 8. The van der Waals surface area contributed by atoms with Gasteiger partial charge in [-0.15, -0.1) is 11.3 Å². The first-order valence-corrected chi connectivity index (χ1v) is 11.8. The van der Waals surface area contributed by atoms with Gasteiger partial charge in [-0.05, 0) is 36.1 Å². The Morgan fingerprint density at radius 1 is 1.12 bits per heavy atom. The largest absolute Gasteiger partial charge is 0.507 e. The van der Waals surface area contributed by atoms with Crippen molar-refractivity contribution in [1.82, 2.24) is 9.80 Å². The molecule has 8 nitrogen and oxygen atoms in total. The fourth-order valence-corrected chi connectivity index (χ4v) is 5.13. The summed E-state index contributed by atoms with van der Waals surface area (Å²) >= 11 is 1.46. The van der Waals surface area contributed by atoms with E-state index < -0.39 is 17.7 Å². The van der Waals surface area contributed by atoms with E-state index in [4.69, 9.17) is 14.2 Å². The summed E-state index contributed by atoms with van der Waals surface area (Å²) in [6.45, 7) is 4.40. The highest BCUT2D eigenvalue weighted by atomic mass is 32.1. The first-order chi connectivity index (χ1) is 16.0. The molecule has 2 aromatic rings. The number of hydrogen-bond donors (Lipinski definition) is 1. The molecule has 0 radical (unpaired) electrons. The molecular formula is C24H28N2O6S. The number of morpholine rings is 1. The van der Waals surface area contributed by atoms with E-state index in [1.165, 1.54) is 25.6 Å². The number of carbonyl (C=O) groups excluding carboxylic acids is 2. The van der Waals surface area contributed by atoms with E-state index in [1.807, 2.05) is 17.5 Å². The van der Waals surface area contributed by atoms with Crippen molar-refractivity contribution in [3.8, 4) is 11.5 Å². The van der Waals surface area contributed by atoms with Crippen LogP contribution in [0.5, 0.6) is 11.5 Å². The number of amides is 1.